The number of benzene rings is 1. The molecule has 0 aliphatic carbocycles. The van der Waals surface area contributed by atoms with E-state index in [-0.39, 0.29) is 24.0 Å². The fourth-order valence-electron chi connectivity index (χ4n) is 2.48. The van der Waals surface area contributed by atoms with Crippen molar-refractivity contribution in [2.24, 2.45) is 4.99 Å². The maximum absolute atomic E-state index is 11.8. The van der Waals surface area contributed by atoms with Gasteiger partial charge < -0.3 is 15.4 Å². The molecule has 0 atom stereocenters. The molecule has 160 valence electrons. The van der Waals surface area contributed by atoms with Gasteiger partial charge in [0.05, 0.1) is 0 Å². The summed E-state index contributed by atoms with van der Waals surface area (Å²) in [6.45, 7) is 7.15. The molecule has 3 N–H and O–H groups in total. The number of rotatable bonds is 7. The summed E-state index contributed by atoms with van der Waals surface area (Å²) < 4.78 is 5.25. The predicted octanol–water partition coefficient (Wildman–Crippen LogP) is 4.66. The van der Waals surface area contributed by atoms with Gasteiger partial charge in [0.25, 0.3) is 0 Å². The summed E-state index contributed by atoms with van der Waals surface area (Å²) in [5.74, 6) is 0.805. The molecular weight excluding hydrogens is 499 g/mol. The van der Waals surface area contributed by atoms with Crippen LogP contribution in [-0.2, 0) is 17.6 Å². The number of carbonyl (C=O) groups excluding carboxylic acids is 1. The Morgan fingerprint density at radius 1 is 1.07 bits per heavy atom. The smallest absolute Gasteiger partial charge is 0.412 e. The van der Waals surface area contributed by atoms with Crippen molar-refractivity contribution in [3.8, 4) is 0 Å². The van der Waals surface area contributed by atoms with E-state index < -0.39 is 11.7 Å². The summed E-state index contributed by atoms with van der Waals surface area (Å²) in [6, 6.07) is 12.0. The molecule has 0 saturated heterocycles. The Kier molecular flexibility index (Phi) is 11.0. The first-order chi connectivity index (χ1) is 13.4. The monoisotopic (exact) mass is 530 g/mol. The Labute approximate surface area is 194 Å². The van der Waals surface area contributed by atoms with E-state index in [1.54, 1.807) is 18.4 Å². The third kappa shape index (κ3) is 10.5. The number of anilines is 1. The normalized spacial score (nSPS) is 11.4. The van der Waals surface area contributed by atoms with Crippen LogP contribution in [0.4, 0.5) is 10.5 Å². The number of nitrogens with zero attached hydrogens (tertiary/aromatic N) is 1. The second kappa shape index (κ2) is 12.7. The molecule has 0 aliphatic heterocycles. The number of guanidine groups is 1. The minimum atomic E-state index is -0.508. The fraction of sp³-hybridized carbons (Fsp3) is 0.429. The minimum absolute atomic E-state index is 0. The maximum Gasteiger partial charge on any atom is 0.412 e. The van der Waals surface area contributed by atoms with E-state index in [1.807, 2.05) is 45.0 Å². The summed E-state index contributed by atoms with van der Waals surface area (Å²) >= 11 is 1.77. The van der Waals surface area contributed by atoms with Crippen LogP contribution >= 0.6 is 35.3 Å². The highest BCUT2D eigenvalue weighted by Crippen LogP contribution is 2.13. The standard InChI is InChI=1S/C21H30N4O2S.HI/c1-21(2,3)27-20(26)25-17-9-7-16(8-10-17)11-13-23-19(22-4)24-14-12-18-6-5-15-28-18;/h5-10,15H,11-14H2,1-4H3,(H,25,26)(H2,22,23,24);1H. The van der Waals surface area contributed by atoms with Gasteiger partial charge in [-0.2, -0.15) is 0 Å². The molecule has 1 heterocycles. The van der Waals surface area contributed by atoms with Gasteiger partial charge in [-0.15, -0.1) is 35.3 Å². The van der Waals surface area contributed by atoms with Crippen LogP contribution in [0.1, 0.15) is 31.2 Å². The molecule has 0 unspecified atom stereocenters. The number of thiophene rings is 1. The molecule has 2 rings (SSSR count). The van der Waals surface area contributed by atoms with Crippen molar-refractivity contribution in [3.63, 3.8) is 0 Å². The molecule has 0 bridgehead atoms. The van der Waals surface area contributed by atoms with Crippen molar-refractivity contribution in [1.29, 1.82) is 0 Å². The van der Waals surface area contributed by atoms with Crippen LogP contribution in [0.25, 0.3) is 0 Å². The Hall–Kier alpha value is -1.81. The Balaban J connectivity index is 0.00000420. The molecule has 0 fully saturated rings. The van der Waals surface area contributed by atoms with Crippen molar-refractivity contribution in [1.82, 2.24) is 10.6 Å². The van der Waals surface area contributed by atoms with Crippen LogP contribution in [0.15, 0.2) is 46.8 Å². The van der Waals surface area contributed by atoms with Gasteiger partial charge in [-0.25, -0.2) is 4.79 Å². The Morgan fingerprint density at radius 3 is 2.28 bits per heavy atom. The van der Waals surface area contributed by atoms with Gasteiger partial charge in [-0.3, -0.25) is 10.3 Å². The highest BCUT2D eigenvalue weighted by molar-refractivity contribution is 14.0. The molecular formula is C21H31IN4O2S. The molecule has 6 nitrogen and oxygen atoms in total. The van der Waals surface area contributed by atoms with E-state index in [4.69, 9.17) is 4.74 Å². The van der Waals surface area contributed by atoms with Crippen LogP contribution in [0.3, 0.4) is 0 Å². The van der Waals surface area contributed by atoms with Crippen LogP contribution < -0.4 is 16.0 Å². The maximum atomic E-state index is 11.8. The van der Waals surface area contributed by atoms with Crippen LogP contribution in [0.5, 0.6) is 0 Å². The Bertz CT molecular complexity index is 756. The first-order valence-electron chi connectivity index (χ1n) is 9.41. The lowest BCUT2D eigenvalue weighted by Gasteiger charge is -2.19. The lowest BCUT2D eigenvalue weighted by molar-refractivity contribution is 0.0636. The predicted molar refractivity (Wildman–Crippen MR) is 133 cm³/mol. The second-order valence-electron chi connectivity index (χ2n) is 7.33. The van der Waals surface area contributed by atoms with Gasteiger partial charge >= 0.3 is 6.09 Å². The minimum Gasteiger partial charge on any atom is -0.444 e. The summed E-state index contributed by atoms with van der Waals surface area (Å²) in [4.78, 5) is 17.4. The first kappa shape index (κ1) is 25.2. The van der Waals surface area contributed by atoms with Crippen molar-refractivity contribution in [3.05, 3.63) is 52.2 Å². The van der Waals surface area contributed by atoms with E-state index in [1.165, 1.54) is 10.4 Å². The zero-order valence-electron chi connectivity index (χ0n) is 17.5. The number of hydrogen-bond donors (Lipinski definition) is 3. The molecule has 0 spiro atoms. The third-order valence-corrected chi connectivity index (χ3v) is 4.71. The molecule has 1 aromatic carbocycles. The van der Waals surface area contributed by atoms with Gasteiger partial charge in [-0.05, 0) is 62.8 Å². The average Bonchev–Trinajstić information content (AvgIpc) is 3.13. The van der Waals surface area contributed by atoms with E-state index in [0.717, 1.165) is 37.6 Å². The molecule has 0 radical (unpaired) electrons. The van der Waals surface area contributed by atoms with Crippen molar-refractivity contribution in [2.75, 3.05) is 25.5 Å². The molecule has 0 saturated carbocycles. The van der Waals surface area contributed by atoms with Gasteiger partial charge in [0.15, 0.2) is 5.96 Å². The summed E-state index contributed by atoms with van der Waals surface area (Å²) in [7, 11) is 1.78. The Morgan fingerprint density at radius 2 is 1.72 bits per heavy atom. The van der Waals surface area contributed by atoms with E-state index in [9.17, 15) is 4.79 Å². The zero-order chi connectivity index (χ0) is 20.4. The number of hydrogen-bond acceptors (Lipinski definition) is 4. The number of ether oxygens (including phenoxy) is 1. The molecule has 1 aromatic heterocycles. The summed E-state index contributed by atoms with van der Waals surface area (Å²) in [5, 5.41) is 11.5. The quantitative estimate of drug-likeness (QED) is 0.277. The molecule has 1 amide bonds. The molecule has 0 aliphatic rings. The molecule has 2 aromatic rings. The molecule has 29 heavy (non-hydrogen) atoms. The van der Waals surface area contributed by atoms with Crippen molar-refractivity contribution < 1.29 is 9.53 Å². The van der Waals surface area contributed by atoms with Gasteiger partial charge in [0, 0.05) is 30.7 Å². The van der Waals surface area contributed by atoms with Crippen molar-refractivity contribution >= 4 is 53.1 Å². The number of halogens is 1. The SMILES string of the molecule is CN=C(NCCc1ccc(NC(=O)OC(C)(C)C)cc1)NCCc1cccs1.I. The van der Waals surface area contributed by atoms with Crippen molar-refractivity contribution in [2.45, 2.75) is 39.2 Å². The highest BCUT2D eigenvalue weighted by atomic mass is 127. The van der Waals surface area contributed by atoms with Crippen LogP contribution in [0.2, 0.25) is 0 Å². The topological polar surface area (TPSA) is 74.8 Å². The zero-order valence-corrected chi connectivity index (χ0v) is 20.6. The average molecular weight is 530 g/mol. The van der Waals surface area contributed by atoms with Crippen LogP contribution in [-0.4, -0.2) is 37.8 Å². The fourth-order valence-corrected chi connectivity index (χ4v) is 3.19. The lowest BCUT2D eigenvalue weighted by atomic mass is 10.1. The summed E-state index contributed by atoms with van der Waals surface area (Å²) in [6.07, 6.45) is 1.40. The van der Waals surface area contributed by atoms with E-state index >= 15 is 0 Å². The highest BCUT2D eigenvalue weighted by Gasteiger charge is 2.16. The number of carbonyl (C=O) groups is 1. The largest absolute Gasteiger partial charge is 0.444 e. The number of nitrogens with one attached hydrogen (secondary N) is 3. The molecule has 8 heteroatoms. The summed E-state index contributed by atoms with van der Waals surface area (Å²) in [5.41, 5.74) is 1.39. The van der Waals surface area contributed by atoms with Crippen LogP contribution in [0, 0.1) is 0 Å². The number of amides is 1. The third-order valence-electron chi connectivity index (χ3n) is 3.77. The van der Waals surface area contributed by atoms with Gasteiger partial charge in [0.1, 0.15) is 5.60 Å². The van der Waals surface area contributed by atoms with E-state index in [0.29, 0.717) is 0 Å². The second-order valence-corrected chi connectivity index (χ2v) is 8.36. The van der Waals surface area contributed by atoms with E-state index in [2.05, 4.69) is 38.5 Å². The lowest BCUT2D eigenvalue weighted by Crippen LogP contribution is -2.39. The first-order valence-corrected chi connectivity index (χ1v) is 10.3. The van der Waals surface area contributed by atoms with Gasteiger partial charge in [0.2, 0.25) is 0 Å². The number of aliphatic imine (C=N–C) groups is 1. The van der Waals surface area contributed by atoms with Gasteiger partial charge in [-0.1, -0.05) is 18.2 Å².